The summed E-state index contributed by atoms with van der Waals surface area (Å²) in [6.07, 6.45) is 12.0. The molecule has 1 N–H and O–H groups in total. The number of fused-ring (bicyclic) bond motifs is 8. The predicted octanol–water partition coefficient (Wildman–Crippen LogP) is 4.24. The first-order chi connectivity index (χ1) is 19.2. The van der Waals surface area contributed by atoms with Gasteiger partial charge in [-0.2, -0.15) is 0 Å². The standard InChI is InChI=1S/C31H37N3O5S/c1-4-5-26-38-25-11-21-19-7-6-17-10-18(35)8-9-29(17,2)27(19)23(36)12-30(21,3)31(25,39-26)24(37)15-40-28-20-13-32-14-22(20)33-16-34-28/h8-10,13,16,19,21,23,25-27,36H,4-7,11-12,14-15H2,1-3H3/t19?,21?,23-,25-,26+,27?,29?,30?,31+/m0/s1. The van der Waals surface area contributed by atoms with Crippen molar-refractivity contribution in [3.8, 4) is 0 Å². The van der Waals surface area contributed by atoms with Gasteiger partial charge in [-0.05, 0) is 56.1 Å². The number of carbonyl (C=O) groups excluding carboxylic acids is 2. The fraction of sp³-hybridized carbons (Fsp3) is 0.645. The average molecular weight is 564 g/mol. The molecule has 0 spiro atoms. The van der Waals surface area contributed by atoms with Crippen molar-refractivity contribution in [3.63, 3.8) is 0 Å². The molecule has 0 radical (unpaired) electrons. The predicted molar refractivity (Wildman–Crippen MR) is 150 cm³/mol. The number of hydrogen-bond acceptors (Lipinski definition) is 9. The van der Waals surface area contributed by atoms with E-state index in [-0.39, 0.29) is 46.6 Å². The number of ketones is 2. The number of aliphatic imine (C=N–C) groups is 1. The molecule has 4 aliphatic carbocycles. The fourth-order valence-corrected chi connectivity index (χ4v) is 10.2. The van der Waals surface area contributed by atoms with Gasteiger partial charge < -0.3 is 14.6 Å². The third-order valence-electron chi connectivity index (χ3n) is 11.0. The smallest absolute Gasteiger partial charge is 0.178 e. The summed E-state index contributed by atoms with van der Waals surface area (Å²) in [5, 5.41) is 12.7. The maximum atomic E-state index is 14.5. The van der Waals surface area contributed by atoms with E-state index in [9.17, 15) is 14.7 Å². The highest BCUT2D eigenvalue weighted by Crippen LogP contribution is 2.69. The molecule has 6 aliphatic rings. The largest absolute Gasteiger partial charge is 0.393 e. The minimum absolute atomic E-state index is 0.00962. The topological polar surface area (TPSA) is 111 Å². The number of nitrogens with zero attached hydrogens (tertiary/aromatic N) is 3. The van der Waals surface area contributed by atoms with E-state index < -0.39 is 23.4 Å². The maximum absolute atomic E-state index is 14.5. The summed E-state index contributed by atoms with van der Waals surface area (Å²) >= 11 is 1.42. The number of aromatic nitrogens is 2. The normalized spacial score (nSPS) is 42.6. The molecule has 1 saturated heterocycles. The third kappa shape index (κ3) is 3.60. The zero-order valence-corrected chi connectivity index (χ0v) is 24.2. The Morgan fingerprint density at radius 1 is 1.27 bits per heavy atom. The Bertz CT molecular complexity index is 1360. The molecule has 0 amide bonds. The SMILES string of the molecule is CCC[C@@H]1O[C@H]2CC3C4CCC5=CC(=O)C=CC5(C)C4[C@@H](O)CC3(C)[C@]2(C(=O)CSc2ncnc3c2C=NC3)O1. The van der Waals surface area contributed by atoms with Crippen molar-refractivity contribution in [1.29, 1.82) is 0 Å². The van der Waals surface area contributed by atoms with Crippen LogP contribution in [-0.2, 0) is 25.6 Å². The van der Waals surface area contributed by atoms with Crippen molar-refractivity contribution < 1.29 is 24.2 Å². The lowest BCUT2D eigenvalue weighted by Gasteiger charge is -2.59. The molecule has 0 bridgehead atoms. The summed E-state index contributed by atoms with van der Waals surface area (Å²) in [5.74, 6) is 0.618. The lowest BCUT2D eigenvalue weighted by Crippen LogP contribution is -2.63. The number of thioether (sulfide) groups is 1. The van der Waals surface area contributed by atoms with Crippen LogP contribution in [0.15, 0.2) is 40.1 Å². The summed E-state index contributed by atoms with van der Waals surface area (Å²) in [6, 6.07) is 0. The van der Waals surface area contributed by atoms with Crippen molar-refractivity contribution in [1.82, 2.24) is 9.97 Å². The second-order valence-corrected chi connectivity index (χ2v) is 13.8. The molecule has 1 aromatic heterocycles. The van der Waals surface area contributed by atoms with Crippen LogP contribution in [0.4, 0.5) is 0 Å². The number of aliphatic hydroxyl groups is 1. The second-order valence-electron chi connectivity index (χ2n) is 12.9. The van der Waals surface area contributed by atoms with Gasteiger partial charge in [0.1, 0.15) is 11.4 Å². The van der Waals surface area contributed by atoms with Crippen LogP contribution < -0.4 is 0 Å². The Kier molecular flexibility index (Phi) is 6.28. The van der Waals surface area contributed by atoms with Crippen molar-refractivity contribution >= 4 is 29.5 Å². The van der Waals surface area contributed by atoms with Gasteiger partial charge in [-0.15, -0.1) is 0 Å². The van der Waals surface area contributed by atoms with Crippen LogP contribution in [0.2, 0.25) is 0 Å². The van der Waals surface area contributed by atoms with Gasteiger partial charge in [-0.3, -0.25) is 14.6 Å². The highest BCUT2D eigenvalue weighted by atomic mass is 32.2. The Balaban J connectivity index is 1.23. The summed E-state index contributed by atoms with van der Waals surface area (Å²) in [6.45, 7) is 6.98. The minimum atomic E-state index is -1.11. The van der Waals surface area contributed by atoms with E-state index in [4.69, 9.17) is 9.47 Å². The van der Waals surface area contributed by atoms with E-state index in [1.807, 2.05) is 6.08 Å². The number of hydrogen-bond donors (Lipinski definition) is 1. The van der Waals surface area contributed by atoms with Gasteiger partial charge >= 0.3 is 0 Å². The van der Waals surface area contributed by atoms with Crippen LogP contribution >= 0.6 is 11.8 Å². The number of rotatable bonds is 6. The molecule has 8 nitrogen and oxygen atoms in total. The molecule has 2 aliphatic heterocycles. The molecule has 212 valence electrons. The van der Waals surface area contributed by atoms with Crippen LogP contribution in [0.25, 0.3) is 0 Å². The maximum Gasteiger partial charge on any atom is 0.178 e. The van der Waals surface area contributed by atoms with Crippen molar-refractivity contribution in [3.05, 3.63) is 41.4 Å². The monoisotopic (exact) mass is 563 g/mol. The van der Waals surface area contributed by atoms with Gasteiger partial charge in [0, 0.05) is 28.5 Å². The Morgan fingerprint density at radius 3 is 2.95 bits per heavy atom. The van der Waals surface area contributed by atoms with Crippen molar-refractivity contribution in [2.75, 3.05) is 5.75 Å². The van der Waals surface area contributed by atoms with Crippen LogP contribution in [-0.4, -0.2) is 62.7 Å². The number of Topliss-reactive ketones (excluding diaryl/α,β-unsaturated/α-hetero) is 1. The number of allylic oxidation sites excluding steroid dienone is 4. The average Bonchev–Trinajstić information content (AvgIpc) is 3.60. The van der Waals surface area contributed by atoms with E-state index in [0.717, 1.165) is 54.0 Å². The fourth-order valence-electron chi connectivity index (χ4n) is 9.25. The molecule has 9 heteroatoms. The molecule has 4 fully saturated rings. The molecule has 1 aromatic rings. The molecule has 5 unspecified atom stereocenters. The van der Waals surface area contributed by atoms with Crippen LogP contribution in [0.5, 0.6) is 0 Å². The van der Waals surface area contributed by atoms with Gasteiger partial charge in [0.25, 0.3) is 0 Å². The quantitative estimate of drug-likeness (QED) is 0.404. The Morgan fingerprint density at radius 2 is 2.12 bits per heavy atom. The molecule has 9 atom stereocenters. The van der Waals surface area contributed by atoms with Crippen LogP contribution in [0.1, 0.15) is 70.6 Å². The molecule has 7 rings (SSSR count). The van der Waals surface area contributed by atoms with E-state index in [2.05, 4.69) is 35.7 Å². The highest BCUT2D eigenvalue weighted by molar-refractivity contribution is 8.00. The molecule has 40 heavy (non-hydrogen) atoms. The second kappa shape index (κ2) is 9.41. The number of carbonyl (C=O) groups is 2. The summed E-state index contributed by atoms with van der Waals surface area (Å²) < 4.78 is 13.3. The van der Waals surface area contributed by atoms with Gasteiger partial charge in [0.05, 0.1) is 30.2 Å². The van der Waals surface area contributed by atoms with Gasteiger partial charge in [-0.25, -0.2) is 9.97 Å². The van der Waals surface area contributed by atoms with Crippen molar-refractivity contribution in [2.45, 2.75) is 95.0 Å². The highest BCUT2D eigenvalue weighted by Gasteiger charge is 2.75. The number of aliphatic hydroxyl groups excluding tert-OH is 1. The van der Waals surface area contributed by atoms with Gasteiger partial charge in [-0.1, -0.05) is 50.6 Å². The zero-order valence-electron chi connectivity index (χ0n) is 23.3. The molecular weight excluding hydrogens is 526 g/mol. The van der Waals surface area contributed by atoms with E-state index >= 15 is 0 Å². The lowest BCUT2D eigenvalue weighted by molar-refractivity contribution is -0.197. The first kappa shape index (κ1) is 26.7. The molecule has 0 aromatic carbocycles. The molecular formula is C31H37N3O5S. The first-order valence-electron chi connectivity index (χ1n) is 14.7. The van der Waals surface area contributed by atoms with E-state index in [1.54, 1.807) is 18.4 Å². The molecule has 3 saturated carbocycles. The Hall–Kier alpha value is -2.20. The molecule has 3 heterocycles. The van der Waals surface area contributed by atoms with Crippen molar-refractivity contribution in [2.24, 2.45) is 33.6 Å². The minimum Gasteiger partial charge on any atom is -0.393 e. The summed E-state index contributed by atoms with van der Waals surface area (Å²) in [5.41, 5.74) is 0.864. The first-order valence-corrected chi connectivity index (χ1v) is 15.6. The van der Waals surface area contributed by atoms with Gasteiger partial charge in [0.2, 0.25) is 0 Å². The number of ether oxygens (including phenoxy) is 2. The summed E-state index contributed by atoms with van der Waals surface area (Å²) in [4.78, 5) is 39.8. The lowest BCUT2D eigenvalue weighted by atomic mass is 9.46. The summed E-state index contributed by atoms with van der Waals surface area (Å²) in [7, 11) is 0. The Labute approximate surface area is 239 Å². The van der Waals surface area contributed by atoms with Gasteiger partial charge in [0.15, 0.2) is 23.5 Å². The van der Waals surface area contributed by atoms with Crippen LogP contribution in [0, 0.1) is 28.6 Å². The van der Waals surface area contributed by atoms with E-state index in [1.165, 1.54) is 18.1 Å². The van der Waals surface area contributed by atoms with E-state index in [0.29, 0.717) is 13.0 Å². The third-order valence-corrected chi connectivity index (χ3v) is 12.0. The van der Waals surface area contributed by atoms with Crippen LogP contribution in [0.3, 0.4) is 0 Å². The zero-order chi connectivity index (χ0) is 27.9.